The molecule has 1 fully saturated rings. The quantitative estimate of drug-likeness (QED) is 0.791. The van der Waals surface area contributed by atoms with E-state index in [0.717, 1.165) is 25.1 Å². The van der Waals surface area contributed by atoms with E-state index >= 15 is 0 Å². The van der Waals surface area contributed by atoms with E-state index in [2.05, 4.69) is 36.1 Å². The van der Waals surface area contributed by atoms with Crippen LogP contribution in [0.25, 0.3) is 0 Å². The number of anilines is 1. The molecular formula is C15H23ClN4O. The SMILES string of the molecule is CC(C)(C)CC[C@@H](Nc1cc(Cl)nc(C2CC2)n1)C(N)=O. The minimum absolute atomic E-state index is 0.151. The Morgan fingerprint density at radius 1 is 1.48 bits per heavy atom. The maximum absolute atomic E-state index is 11.6. The molecule has 1 aliphatic carbocycles. The largest absolute Gasteiger partial charge is 0.368 e. The molecule has 0 spiro atoms. The van der Waals surface area contributed by atoms with E-state index in [0.29, 0.717) is 23.3 Å². The van der Waals surface area contributed by atoms with E-state index in [4.69, 9.17) is 17.3 Å². The molecule has 1 aromatic heterocycles. The molecule has 5 nitrogen and oxygen atoms in total. The lowest BCUT2D eigenvalue weighted by atomic mass is 9.88. The van der Waals surface area contributed by atoms with Crippen molar-refractivity contribution in [1.82, 2.24) is 9.97 Å². The number of carbonyl (C=O) groups is 1. The molecule has 0 saturated heterocycles. The first-order valence-corrected chi connectivity index (χ1v) is 7.73. The molecule has 0 radical (unpaired) electrons. The number of hydrogen-bond acceptors (Lipinski definition) is 4. The minimum Gasteiger partial charge on any atom is -0.368 e. The highest BCUT2D eigenvalue weighted by Gasteiger charge is 2.28. The molecule has 21 heavy (non-hydrogen) atoms. The second-order valence-electron chi connectivity index (χ2n) is 6.91. The summed E-state index contributed by atoms with van der Waals surface area (Å²) in [5.41, 5.74) is 5.63. The molecule has 6 heteroatoms. The van der Waals surface area contributed by atoms with Gasteiger partial charge in [0.05, 0.1) is 0 Å². The fourth-order valence-electron chi connectivity index (χ4n) is 2.07. The van der Waals surface area contributed by atoms with Crippen LogP contribution in [0.2, 0.25) is 5.15 Å². The number of nitrogens with zero attached hydrogens (tertiary/aromatic N) is 2. The summed E-state index contributed by atoms with van der Waals surface area (Å²) in [5, 5.41) is 3.50. The molecular weight excluding hydrogens is 288 g/mol. The first-order valence-electron chi connectivity index (χ1n) is 7.35. The Kier molecular flexibility index (Phi) is 4.71. The number of hydrogen-bond donors (Lipinski definition) is 2. The van der Waals surface area contributed by atoms with Gasteiger partial charge < -0.3 is 11.1 Å². The molecule has 1 atom stereocenters. The number of primary amides is 1. The molecule has 116 valence electrons. The van der Waals surface area contributed by atoms with Gasteiger partial charge in [0.25, 0.3) is 0 Å². The second-order valence-corrected chi connectivity index (χ2v) is 7.29. The maximum atomic E-state index is 11.6. The van der Waals surface area contributed by atoms with Crippen molar-refractivity contribution in [3.63, 3.8) is 0 Å². The Morgan fingerprint density at radius 2 is 2.14 bits per heavy atom. The lowest BCUT2D eigenvalue weighted by molar-refractivity contribution is -0.119. The lowest BCUT2D eigenvalue weighted by Gasteiger charge is -2.22. The third-order valence-electron chi connectivity index (χ3n) is 3.50. The zero-order chi connectivity index (χ0) is 15.6. The predicted octanol–water partition coefficient (Wildman–Crippen LogP) is 3.10. The van der Waals surface area contributed by atoms with Crippen LogP contribution in [0.5, 0.6) is 0 Å². The number of halogens is 1. The predicted molar refractivity (Wildman–Crippen MR) is 84.3 cm³/mol. The molecule has 0 aliphatic heterocycles. The average Bonchev–Trinajstić information content (AvgIpc) is 3.16. The van der Waals surface area contributed by atoms with E-state index in [9.17, 15) is 4.79 Å². The Bertz CT molecular complexity index is 523. The van der Waals surface area contributed by atoms with Gasteiger partial charge in [-0.2, -0.15) is 0 Å². The molecule has 2 rings (SSSR count). The summed E-state index contributed by atoms with van der Waals surface area (Å²) in [5.74, 6) is 1.37. The van der Waals surface area contributed by atoms with Gasteiger partial charge in [-0.05, 0) is 31.1 Å². The Balaban J connectivity index is 2.07. The van der Waals surface area contributed by atoms with Gasteiger partial charge >= 0.3 is 0 Å². The van der Waals surface area contributed by atoms with E-state index < -0.39 is 6.04 Å². The molecule has 1 saturated carbocycles. The Labute approximate surface area is 130 Å². The van der Waals surface area contributed by atoms with E-state index in [-0.39, 0.29) is 11.3 Å². The van der Waals surface area contributed by atoms with Crippen molar-refractivity contribution < 1.29 is 4.79 Å². The normalized spacial score (nSPS) is 16.6. The lowest BCUT2D eigenvalue weighted by Crippen LogP contribution is -2.36. The molecule has 0 bridgehead atoms. The molecule has 1 heterocycles. The van der Waals surface area contributed by atoms with Gasteiger partial charge in [0.2, 0.25) is 5.91 Å². The van der Waals surface area contributed by atoms with Crippen LogP contribution < -0.4 is 11.1 Å². The van der Waals surface area contributed by atoms with Crippen LogP contribution in [0.3, 0.4) is 0 Å². The van der Waals surface area contributed by atoms with E-state index in [1.165, 1.54) is 0 Å². The third-order valence-corrected chi connectivity index (χ3v) is 3.70. The van der Waals surface area contributed by atoms with E-state index in [1.54, 1.807) is 6.07 Å². The highest BCUT2D eigenvalue weighted by atomic mass is 35.5. The Hall–Kier alpha value is -1.36. The summed E-state index contributed by atoms with van der Waals surface area (Å²) < 4.78 is 0. The topological polar surface area (TPSA) is 80.9 Å². The average molecular weight is 311 g/mol. The number of rotatable bonds is 6. The van der Waals surface area contributed by atoms with Crippen LogP contribution in [0.15, 0.2) is 6.07 Å². The van der Waals surface area contributed by atoms with Gasteiger partial charge in [0.15, 0.2) is 0 Å². The number of nitrogens with two attached hydrogens (primary N) is 1. The van der Waals surface area contributed by atoms with Gasteiger partial charge in [0, 0.05) is 12.0 Å². The van der Waals surface area contributed by atoms with Crippen LogP contribution in [0, 0.1) is 5.41 Å². The van der Waals surface area contributed by atoms with Crippen molar-refractivity contribution >= 4 is 23.3 Å². The van der Waals surface area contributed by atoms with Crippen LogP contribution in [0.4, 0.5) is 5.82 Å². The van der Waals surface area contributed by atoms with Gasteiger partial charge in [-0.25, -0.2) is 9.97 Å². The van der Waals surface area contributed by atoms with Crippen molar-refractivity contribution in [2.45, 2.75) is 58.4 Å². The van der Waals surface area contributed by atoms with Gasteiger partial charge in [-0.3, -0.25) is 4.79 Å². The van der Waals surface area contributed by atoms with Gasteiger partial charge in [-0.1, -0.05) is 32.4 Å². The van der Waals surface area contributed by atoms with Crippen LogP contribution in [-0.2, 0) is 4.79 Å². The zero-order valence-corrected chi connectivity index (χ0v) is 13.6. The van der Waals surface area contributed by atoms with Crippen LogP contribution in [-0.4, -0.2) is 21.9 Å². The zero-order valence-electron chi connectivity index (χ0n) is 12.8. The molecule has 0 unspecified atom stereocenters. The summed E-state index contributed by atoms with van der Waals surface area (Å²) in [7, 11) is 0. The summed E-state index contributed by atoms with van der Waals surface area (Å²) in [6, 6.07) is 1.20. The first kappa shape index (κ1) is 16.0. The monoisotopic (exact) mass is 310 g/mol. The molecule has 0 aromatic carbocycles. The smallest absolute Gasteiger partial charge is 0.239 e. The fraction of sp³-hybridized carbons (Fsp3) is 0.667. The molecule has 1 aromatic rings. The van der Waals surface area contributed by atoms with Crippen molar-refractivity contribution in [3.8, 4) is 0 Å². The summed E-state index contributed by atoms with van der Waals surface area (Å²) in [4.78, 5) is 20.3. The second kappa shape index (κ2) is 6.18. The van der Waals surface area contributed by atoms with Gasteiger partial charge in [0.1, 0.15) is 22.8 Å². The summed E-state index contributed by atoms with van der Waals surface area (Å²) >= 11 is 6.03. The van der Waals surface area contributed by atoms with E-state index in [1.807, 2.05) is 0 Å². The van der Waals surface area contributed by atoms with Crippen molar-refractivity contribution in [1.29, 1.82) is 0 Å². The fourth-order valence-corrected chi connectivity index (χ4v) is 2.26. The molecule has 3 N–H and O–H groups in total. The molecule has 1 aliphatic rings. The Morgan fingerprint density at radius 3 is 2.67 bits per heavy atom. The van der Waals surface area contributed by atoms with Crippen LogP contribution in [0.1, 0.15) is 58.2 Å². The minimum atomic E-state index is -0.442. The summed E-state index contributed by atoms with van der Waals surface area (Å²) in [6.45, 7) is 6.41. The van der Waals surface area contributed by atoms with Gasteiger partial charge in [-0.15, -0.1) is 0 Å². The summed E-state index contributed by atoms with van der Waals surface area (Å²) in [6.07, 6.45) is 3.76. The highest BCUT2D eigenvalue weighted by Crippen LogP contribution is 2.38. The molecule has 1 amide bonds. The van der Waals surface area contributed by atoms with Crippen LogP contribution >= 0.6 is 11.6 Å². The van der Waals surface area contributed by atoms with Crippen molar-refractivity contribution in [3.05, 3.63) is 17.0 Å². The van der Waals surface area contributed by atoms with Crippen molar-refractivity contribution in [2.75, 3.05) is 5.32 Å². The first-order chi connectivity index (χ1) is 9.74. The number of carbonyl (C=O) groups excluding carboxylic acids is 1. The standard InChI is InChI=1S/C15H23ClN4O/c1-15(2,3)7-6-10(13(17)21)18-12-8-11(16)19-14(20-12)9-4-5-9/h8-10H,4-7H2,1-3H3,(H2,17,21)(H,18,19,20)/t10-/m1/s1. The highest BCUT2D eigenvalue weighted by molar-refractivity contribution is 6.29. The number of amides is 1. The third kappa shape index (κ3) is 5.16. The number of nitrogens with one attached hydrogen (secondary N) is 1. The van der Waals surface area contributed by atoms with Crippen molar-refractivity contribution in [2.24, 2.45) is 11.1 Å². The number of aromatic nitrogens is 2. The maximum Gasteiger partial charge on any atom is 0.239 e.